The van der Waals surface area contributed by atoms with Gasteiger partial charge in [-0.3, -0.25) is 4.90 Å². The molecule has 0 saturated carbocycles. The Kier molecular flexibility index (Phi) is 2.48. The maximum Gasteiger partial charge on any atom is 0.202 e. The lowest BCUT2D eigenvalue weighted by Gasteiger charge is -2.47. The number of nitrogens with one attached hydrogen (secondary N) is 1. The number of thiophene rings is 1. The van der Waals surface area contributed by atoms with Crippen LogP contribution in [0.15, 0.2) is 34.6 Å². The second kappa shape index (κ2) is 4.29. The minimum absolute atomic E-state index is 0.351. The fourth-order valence-electron chi connectivity index (χ4n) is 3.83. The van der Waals surface area contributed by atoms with E-state index >= 15 is 0 Å². The third-order valence-corrected chi connectivity index (χ3v) is 5.91. The minimum Gasteiger partial charge on any atom is -0.298 e. The Morgan fingerprint density at radius 1 is 1.29 bits per heavy atom. The number of rotatable bonds is 1. The summed E-state index contributed by atoms with van der Waals surface area (Å²) in [6.45, 7) is 3.32. The van der Waals surface area contributed by atoms with Gasteiger partial charge in [0.25, 0.3) is 0 Å². The van der Waals surface area contributed by atoms with Crippen LogP contribution < -0.4 is 5.48 Å². The SMILES string of the molecule is c1cc2ccc(C3=N[C@]4(CN5CCC4CC5)ON3)cc2s1. The monoisotopic (exact) mass is 299 g/mol. The fraction of sp³-hybridized carbons (Fsp3) is 0.438. The smallest absolute Gasteiger partial charge is 0.202 e. The van der Waals surface area contributed by atoms with E-state index in [9.17, 15) is 0 Å². The highest BCUT2D eigenvalue weighted by Crippen LogP contribution is 2.41. The first kappa shape index (κ1) is 12.1. The predicted molar refractivity (Wildman–Crippen MR) is 84.5 cm³/mol. The van der Waals surface area contributed by atoms with E-state index in [0.717, 1.165) is 17.9 Å². The van der Waals surface area contributed by atoms with Crippen LogP contribution in [0, 0.1) is 5.92 Å². The summed E-state index contributed by atoms with van der Waals surface area (Å²) in [7, 11) is 0. The average Bonchev–Trinajstić information content (AvgIpc) is 3.15. The summed E-state index contributed by atoms with van der Waals surface area (Å²) in [5, 5.41) is 3.42. The van der Waals surface area contributed by atoms with Crippen molar-refractivity contribution < 1.29 is 4.84 Å². The summed E-state index contributed by atoms with van der Waals surface area (Å²) in [5.41, 5.74) is 3.88. The molecule has 6 rings (SSSR count). The molecule has 1 N–H and O–H groups in total. The molecule has 108 valence electrons. The highest BCUT2D eigenvalue weighted by molar-refractivity contribution is 7.17. The van der Waals surface area contributed by atoms with Crippen LogP contribution in [0.25, 0.3) is 10.1 Å². The third-order valence-electron chi connectivity index (χ3n) is 5.03. The van der Waals surface area contributed by atoms with Crippen LogP contribution >= 0.6 is 11.3 Å². The van der Waals surface area contributed by atoms with Crippen LogP contribution in [-0.2, 0) is 4.84 Å². The summed E-state index contributed by atoms with van der Waals surface area (Å²) in [6, 6.07) is 8.64. The van der Waals surface area contributed by atoms with Crippen molar-refractivity contribution >= 4 is 27.3 Å². The van der Waals surface area contributed by atoms with Gasteiger partial charge in [0.15, 0.2) is 5.84 Å². The van der Waals surface area contributed by atoms with Crippen molar-refractivity contribution in [1.82, 2.24) is 10.4 Å². The van der Waals surface area contributed by atoms with Crippen LogP contribution in [0.4, 0.5) is 0 Å². The molecule has 1 atom stereocenters. The van der Waals surface area contributed by atoms with Crippen molar-refractivity contribution in [2.24, 2.45) is 10.9 Å². The average molecular weight is 299 g/mol. The largest absolute Gasteiger partial charge is 0.298 e. The van der Waals surface area contributed by atoms with Crippen LogP contribution in [0.3, 0.4) is 0 Å². The topological polar surface area (TPSA) is 36.9 Å². The van der Waals surface area contributed by atoms with Gasteiger partial charge in [-0.25, -0.2) is 15.3 Å². The molecular formula is C16H17N3OS. The molecule has 4 aliphatic rings. The molecule has 1 spiro atoms. The van der Waals surface area contributed by atoms with Gasteiger partial charge in [-0.05, 0) is 48.8 Å². The van der Waals surface area contributed by atoms with Crippen LogP contribution in [-0.4, -0.2) is 36.1 Å². The van der Waals surface area contributed by atoms with Gasteiger partial charge in [-0.15, -0.1) is 11.3 Å². The number of hydrogen-bond donors (Lipinski definition) is 1. The van der Waals surface area contributed by atoms with E-state index in [0.29, 0.717) is 5.92 Å². The highest BCUT2D eigenvalue weighted by atomic mass is 32.1. The molecule has 3 saturated heterocycles. The Morgan fingerprint density at radius 3 is 3.00 bits per heavy atom. The van der Waals surface area contributed by atoms with Crippen molar-refractivity contribution in [1.29, 1.82) is 0 Å². The van der Waals surface area contributed by atoms with E-state index in [1.165, 1.54) is 36.0 Å². The van der Waals surface area contributed by atoms with Crippen LogP contribution in [0.5, 0.6) is 0 Å². The molecule has 2 bridgehead atoms. The van der Waals surface area contributed by atoms with Gasteiger partial charge in [0.05, 0.1) is 6.54 Å². The molecule has 1 aromatic heterocycles. The molecule has 0 unspecified atom stereocenters. The Morgan fingerprint density at radius 2 is 2.19 bits per heavy atom. The second-order valence-electron chi connectivity index (χ2n) is 6.23. The second-order valence-corrected chi connectivity index (χ2v) is 7.18. The quantitative estimate of drug-likeness (QED) is 0.879. The summed E-state index contributed by atoms with van der Waals surface area (Å²) in [5.74, 6) is 1.44. The molecule has 5 heteroatoms. The summed E-state index contributed by atoms with van der Waals surface area (Å²) >= 11 is 1.77. The molecule has 1 aromatic carbocycles. The summed E-state index contributed by atoms with van der Waals surface area (Å²) in [4.78, 5) is 13.4. The maximum atomic E-state index is 5.98. The van der Waals surface area contributed by atoms with E-state index in [1.807, 2.05) is 0 Å². The van der Waals surface area contributed by atoms with Gasteiger partial charge in [0.2, 0.25) is 5.72 Å². The number of fused-ring (bicyclic) bond motifs is 3. The number of benzene rings is 1. The summed E-state index contributed by atoms with van der Waals surface area (Å²) in [6.07, 6.45) is 2.39. The van der Waals surface area contributed by atoms with E-state index in [2.05, 4.69) is 40.0 Å². The highest BCUT2D eigenvalue weighted by Gasteiger charge is 2.51. The van der Waals surface area contributed by atoms with Gasteiger partial charge in [-0.2, -0.15) is 0 Å². The zero-order chi connectivity index (χ0) is 13.9. The first-order valence-electron chi connectivity index (χ1n) is 7.56. The van der Waals surface area contributed by atoms with Crippen molar-refractivity contribution in [2.45, 2.75) is 18.6 Å². The Balaban J connectivity index is 1.53. The first-order chi connectivity index (χ1) is 10.3. The Labute approximate surface area is 127 Å². The normalized spacial score (nSPS) is 34.4. The lowest BCUT2D eigenvalue weighted by atomic mass is 9.81. The summed E-state index contributed by atoms with van der Waals surface area (Å²) < 4.78 is 1.30. The number of aliphatic imine (C=N–C) groups is 1. The van der Waals surface area contributed by atoms with E-state index in [-0.39, 0.29) is 5.72 Å². The zero-order valence-corrected chi connectivity index (χ0v) is 12.5. The van der Waals surface area contributed by atoms with Gasteiger partial charge in [-0.1, -0.05) is 12.1 Å². The number of amidine groups is 1. The van der Waals surface area contributed by atoms with Crippen molar-refractivity contribution in [3.8, 4) is 0 Å². The third kappa shape index (κ3) is 1.78. The first-order valence-corrected chi connectivity index (χ1v) is 8.44. The minimum atomic E-state index is -0.351. The molecule has 0 aliphatic carbocycles. The standard InChI is InChI=1S/C16H17N3OS/c1-2-12(9-14-11(1)5-8-21-14)15-17-16(20-18-15)10-19-6-3-13(16)4-7-19/h1-2,5,8-9,13H,3-4,6-7,10H2,(H,17,18)/t16-/m1/s1. The number of hydrogen-bond acceptors (Lipinski definition) is 5. The molecular weight excluding hydrogens is 282 g/mol. The molecule has 21 heavy (non-hydrogen) atoms. The van der Waals surface area contributed by atoms with Crippen molar-refractivity contribution in [3.05, 3.63) is 35.2 Å². The van der Waals surface area contributed by atoms with Gasteiger partial charge >= 0.3 is 0 Å². The molecule has 2 aromatic rings. The number of nitrogens with zero attached hydrogens (tertiary/aromatic N) is 2. The molecule has 4 aliphatic heterocycles. The molecule has 3 fully saturated rings. The van der Waals surface area contributed by atoms with E-state index < -0.39 is 0 Å². The maximum absolute atomic E-state index is 5.98. The molecule has 0 radical (unpaired) electrons. The molecule has 4 nitrogen and oxygen atoms in total. The molecule has 0 amide bonds. The van der Waals surface area contributed by atoms with Crippen molar-refractivity contribution in [3.63, 3.8) is 0 Å². The van der Waals surface area contributed by atoms with E-state index in [4.69, 9.17) is 9.83 Å². The van der Waals surface area contributed by atoms with Gasteiger partial charge in [0, 0.05) is 16.2 Å². The van der Waals surface area contributed by atoms with Crippen LogP contribution in [0.1, 0.15) is 18.4 Å². The van der Waals surface area contributed by atoms with Gasteiger partial charge in [0.1, 0.15) is 0 Å². The lowest BCUT2D eigenvalue weighted by Crippen LogP contribution is -2.58. The zero-order valence-electron chi connectivity index (χ0n) is 11.7. The Bertz CT molecular complexity index is 732. The van der Waals surface area contributed by atoms with Gasteiger partial charge < -0.3 is 0 Å². The van der Waals surface area contributed by atoms with Crippen molar-refractivity contribution in [2.75, 3.05) is 19.6 Å². The fourth-order valence-corrected chi connectivity index (χ4v) is 4.66. The lowest BCUT2D eigenvalue weighted by molar-refractivity contribution is -0.155. The molecule has 5 heterocycles. The number of hydroxylamine groups is 1. The van der Waals surface area contributed by atoms with Crippen LogP contribution in [0.2, 0.25) is 0 Å². The van der Waals surface area contributed by atoms with E-state index in [1.54, 1.807) is 11.3 Å². The number of piperidine rings is 3. The predicted octanol–water partition coefficient (Wildman–Crippen LogP) is 2.60. The Hall–Kier alpha value is -1.43.